The molecule has 3 aromatic rings. The molecule has 1 fully saturated rings. The highest BCUT2D eigenvalue weighted by molar-refractivity contribution is 6.30. The van der Waals surface area contributed by atoms with Crippen LogP contribution in [0.3, 0.4) is 0 Å². The van der Waals surface area contributed by atoms with Gasteiger partial charge in [-0.3, -0.25) is 9.69 Å². The van der Waals surface area contributed by atoms with Crippen molar-refractivity contribution in [3.63, 3.8) is 0 Å². The number of hydrogen-bond acceptors (Lipinski definition) is 6. The number of amides is 2. The zero-order valence-corrected chi connectivity index (χ0v) is 29.4. The molecule has 5 rings (SSSR count). The summed E-state index contributed by atoms with van der Waals surface area (Å²) in [6.07, 6.45) is 2.49. The summed E-state index contributed by atoms with van der Waals surface area (Å²) in [6.45, 7) is 13.7. The number of halogens is 1. The number of carbonyl (C=O) groups excluding carboxylic acids is 2. The predicted molar refractivity (Wildman–Crippen MR) is 187 cm³/mol. The average molecular weight is 662 g/mol. The lowest BCUT2D eigenvalue weighted by molar-refractivity contribution is -0.118. The van der Waals surface area contributed by atoms with Gasteiger partial charge in [0.1, 0.15) is 5.60 Å². The van der Waals surface area contributed by atoms with E-state index in [1.165, 1.54) is 5.56 Å². The van der Waals surface area contributed by atoms with Crippen LogP contribution in [0.25, 0.3) is 0 Å². The third kappa shape index (κ3) is 8.22. The number of ether oxygens (including phenoxy) is 3. The number of hydrogen-bond donors (Lipinski definition) is 1. The van der Waals surface area contributed by atoms with E-state index in [9.17, 15) is 9.59 Å². The number of piperidine rings is 1. The highest BCUT2D eigenvalue weighted by Crippen LogP contribution is 2.44. The van der Waals surface area contributed by atoms with Gasteiger partial charge in [0.15, 0.2) is 11.5 Å². The highest BCUT2D eigenvalue weighted by Gasteiger charge is 2.36. The Morgan fingerprint density at radius 3 is 2.26 bits per heavy atom. The van der Waals surface area contributed by atoms with Gasteiger partial charge >= 0.3 is 6.09 Å². The molecule has 0 bridgehead atoms. The minimum atomic E-state index is -0.513. The number of anilines is 1. The summed E-state index contributed by atoms with van der Waals surface area (Å²) in [4.78, 5) is 30.5. The maximum atomic E-state index is 13.9. The van der Waals surface area contributed by atoms with Crippen LogP contribution >= 0.6 is 11.6 Å². The van der Waals surface area contributed by atoms with E-state index in [0.29, 0.717) is 16.5 Å². The van der Waals surface area contributed by atoms with Gasteiger partial charge in [0, 0.05) is 35.9 Å². The molecule has 2 aliphatic rings. The number of likely N-dealkylation sites (tertiary alicyclic amines) is 1. The summed E-state index contributed by atoms with van der Waals surface area (Å²) in [7, 11) is 1.63. The van der Waals surface area contributed by atoms with E-state index in [1.54, 1.807) is 7.11 Å². The minimum absolute atomic E-state index is 0.00968. The molecule has 0 aliphatic carbocycles. The molecule has 3 atom stereocenters. The van der Waals surface area contributed by atoms with Crippen molar-refractivity contribution >= 4 is 29.3 Å². The molecule has 0 aromatic heterocycles. The van der Waals surface area contributed by atoms with Crippen LogP contribution in [0.1, 0.15) is 95.1 Å². The third-order valence-corrected chi connectivity index (χ3v) is 9.38. The zero-order valence-electron chi connectivity index (χ0n) is 28.6. The van der Waals surface area contributed by atoms with Crippen LogP contribution in [0, 0.1) is 0 Å². The fraction of sp³-hybridized carbons (Fsp3) is 0.474. The Hall–Kier alpha value is -3.75. The lowest BCUT2D eigenvalue weighted by Crippen LogP contribution is -2.46. The smallest absolute Gasteiger partial charge is 0.407 e. The first kappa shape index (κ1) is 34.6. The molecule has 8 nitrogen and oxygen atoms in total. The fourth-order valence-electron chi connectivity index (χ4n) is 6.40. The minimum Gasteiger partial charge on any atom is -0.493 e. The Morgan fingerprint density at radius 1 is 1.00 bits per heavy atom. The normalized spacial score (nSPS) is 18.7. The van der Waals surface area contributed by atoms with Crippen molar-refractivity contribution in [1.82, 2.24) is 10.2 Å². The molecule has 0 radical (unpaired) electrons. The summed E-state index contributed by atoms with van der Waals surface area (Å²) in [5, 5.41) is 3.66. The summed E-state index contributed by atoms with van der Waals surface area (Å²) in [5.74, 6) is 1.31. The number of nitrogens with zero attached hydrogens (tertiary/aromatic N) is 2. The van der Waals surface area contributed by atoms with Gasteiger partial charge in [-0.1, -0.05) is 42.8 Å². The van der Waals surface area contributed by atoms with Crippen molar-refractivity contribution in [2.75, 3.05) is 25.1 Å². The van der Waals surface area contributed by atoms with Crippen LogP contribution in [0.2, 0.25) is 5.02 Å². The SMILES string of the molecule is CCC(C)Oc1cc2c(cc1OC)CC(=O)N(c1ccc(C(C)N3CCC(NC(=O)OC(C)(C)C)CC3)cc1)C2c1ccc(Cl)cc1. The van der Waals surface area contributed by atoms with Gasteiger partial charge in [0.05, 0.1) is 25.7 Å². The van der Waals surface area contributed by atoms with Crippen molar-refractivity contribution in [3.8, 4) is 11.5 Å². The molecule has 1 saturated heterocycles. The molecule has 2 heterocycles. The maximum absolute atomic E-state index is 13.9. The number of alkyl carbamates (subject to hydrolysis) is 1. The van der Waals surface area contributed by atoms with E-state index in [4.69, 9.17) is 25.8 Å². The van der Waals surface area contributed by atoms with E-state index in [1.807, 2.05) is 69.0 Å². The first-order valence-corrected chi connectivity index (χ1v) is 17.0. The number of nitrogens with one attached hydrogen (secondary N) is 1. The Balaban J connectivity index is 1.38. The molecule has 0 spiro atoms. The van der Waals surface area contributed by atoms with E-state index in [2.05, 4.69) is 48.3 Å². The Morgan fingerprint density at radius 2 is 1.66 bits per heavy atom. The van der Waals surface area contributed by atoms with Crippen molar-refractivity contribution in [2.24, 2.45) is 0 Å². The first-order valence-electron chi connectivity index (χ1n) is 16.6. The van der Waals surface area contributed by atoms with Crippen LogP contribution in [0.15, 0.2) is 60.7 Å². The Labute approximate surface area is 284 Å². The van der Waals surface area contributed by atoms with Gasteiger partial charge in [-0.05, 0) is 113 Å². The number of rotatable bonds is 9. The molecule has 252 valence electrons. The second kappa shape index (κ2) is 14.6. The van der Waals surface area contributed by atoms with Gasteiger partial charge in [-0.15, -0.1) is 0 Å². The lowest BCUT2D eigenvalue weighted by Gasteiger charge is -2.39. The fourth-order valence-corrected chi connectivity index (χ4v) is 6.53. The molecule has 9 heteroatoms. The standard InChI is InChI=1S/C38H48ClN3O5/c1-8-24(2)46-34-23-32-28(21-33(34)45-7)22-35(43)42(36(32)27-9-13-29(39)14-10-27)31-15-11-26(12-16-31)25(3)41-19-17-30(18-20-41)40-37(44)47-38(4,5)6/h9-16,21,23-25,30,36H,8,17-20,22H2,1-7H3,(H,40,44). The average Bonchev–Trinajstić information content (AvgIpc) is 3.03. The Bertz CT molecular complexity index is 1550. The van der Waals surface area contributed by atoms with Crippen molar-refractivity contribution in [2.45, 2.75) is 97.1 Å². The van der Waals surface area contributed by atoms with Crippen LogP contribution in [-0.4, -0.2) is 54.8 Å². The van der Waals surface area contributed by atoms with Crippen molar-refractivity contribution in [3.05, 3.63) is 87.9 Å². The van der Waals surface area contributed by atoms with Crippen LogP contribution in [0.5, 0.6) is 11.5 Å². The molecule has 2 aliphatic heterocycles. The van der Waals surface area contributed by atoms with Gasteiger partial charge in [-0.2, -0.15) is 0 Å². The molecule has 1 N–H and O–H groups in total. The third-order valence-electron chi connectivity index (χ3n) is 9.13. The van der Waals surface area contributed by atoms with E-state index < -0.39 is 5.60 Å². The van der Waals surface area contributed by atoms with E-state index in [0.717, 1.165) is 54.7 Å². The van der Waals surface area contributed by atoms with Crippen molar-refractivity contribution < 1.29 is 23.8 Å². The topological polar surface area (TPSA) is 80.3 Å². The molecular weight excluding hydrogens is 614 g/mol. The molecule has 47 heavy (non-hydrogen) atoms. The van der Waals surface area contributed by atoms with Gasteiger partial charge < -0.3 is 24.4 Å². The quantitative estimate of drug-likeness (QED) is 0.249. The molecule has 0 saturated carbocycles. The second-order valence-corrected chi connectivity index (χ2v) is 14.1. The molecule has 3 aromatic carbocycles. The lowest BCUT2D eigenvalue weighted by atomic mass is 9.86. The van der Waals surface area contributed by atoms with Gasteiger partial charge in [0.2, 0.25) is 5.91 Å². The summed E-state index contributed by atoms with van der Waals surface area (Å²) < 4.78 is 17.4. The van der Waals surface area contributed by atoms with Crippen LogP contribution < -0.4 is 19.7 Å². The van der Waals surface area contributed by atoms with E-state index >= 15 is 0 Å². The zero-order chi connectivity index (χ0) is 33.9. The highest BCUT2D eigenvalue weighted by atomic mass is 35.5. The second-order valence-electron chi connectivity index (χ2n) is 13.7. The molecule has 2 amide bonds. The van der Waals surface area contributed by atoms with E-state index in [-0.39, 0.29) is 42.7 Å². The number of carbonyl (C=O) groups is 2. The molecule has 3 unspecified atom stereocenters. The summed E-state index contributed by atoms with van der Waals surface area (Å²) in [6, 6.07) is 20.0. The van der Waals surface area contributed by atoms with Gasteiger partial charge in [-0.25, -0.2) is 4.79 Å². The predicted octanol–water partition coefficient (Wildman–Crippen LogP) is 8.25. The van der Waals surface area contributed by atoms with Crippen LogP contribution in [-0.2, 0) is 16.0 Å². The maximum Gasteiger partial charge on any atom is 0.407 e. The first-order chi connectivity index (χ1) is 22.4. The van der Waals surface area contributed by atoms with Gasteiger partial charge in [0.25, 0.3) is 0 Å². The number of fused-ring (bicyclic) bond motifs is 1. The number of methoxy groups -OCH3 is 1. The Kier molecular flexibility index (Phi) is 10.7. The molecular formula is C38H48ClN3O5. The number of benzene rings is 3. The largest absolute Gasteiger partial charge is 0.493 e. The van der Waals surface area contributed by atoms with Crippen LogP contribution in [0.4, 0.5) is 10.5 Å². The van der Waals surface area contributed by atoms with Crippen molar-refractivity contribution in [1.29, 1.82) is 0 Å². The summed E-state index contributed by atoms with van der Waals surface area (Å²) in [5.41, 5.74) is 4.39. The summed E-state index contributed by atoms with van der Waals surface area (Å²) >= 11 is 6.29. The monoisotopic (exact) mass is 661 g/mol.